The summed E-state index contributed by atoms with van der Waals surface area (Å²) in [6, 6.07) is 0. The van der Waals surface area contributed by atoms with Crippen LogP contribution in [0.15, 0.2) is 0 Å². The van der Waals surface area contributed by atoms with Gasteiger partial charge in [-0.15, -0.1) is 0 Å². The number of aliphatic hydroxyl groups is 2. The van der Waals surface area contributed by atoms with Crippen LogP contribution in [0.5, 0.6) is 0 Å². The summed E-state index contributed by atoms with van der Waals surface area (Å²) in [7, 11) is 1.80. The van der Waals surface area contributed by atoms with Crippen molar-refractivity contribution in [3.63, 3.8) is 0 Å². The van der Waals surface area contributed by atoms with Gasteiger partial charge >= 0.3 is 0 Å². The predicted molar refractivity (Wildman–Crippen MR) is 62.2 cm³/mol. The van der Waals surface area contributed by atoms with Gasteiger partial charge in [0.1, 0.15) is 5.15 Å². The maximum atomic E-state index is 9.16. The van der Waals surface area contributed by atoms with E-state index in [0.717, 1.165) is 11.3 Å². The first kappa shape index (κ1) is 12.8. The number of aliphatic hydroxyl groups excluding tert-OH is 2. The topological polar surface area (TPSA) is 58.3 Å². The molecule has 1 heterocycles. The smallest absolute Gasteiger partial charge is 0.131 e. The highest BCUT2D eigenvalue weighted by Gasteiger charge is 2.11. The van der Waals surface area contributed by atoms with Crippen LogP contribution in [0.1, 0.15) is 11.3 Å². The van der Waals surface area contributed by atoms with Gasteiger partial charge in [0, 0.05) is 24.1 Å². The van der Waals surface area contributed by atoms with Crippen LogP contribution in [0.4, 0.5) is 0 Å². The molecule has 4 nitrogen and oxygen atoms in total. The summed E-state index contributed by atoms with van der Waals surface area (Å²) < 4.78 is 1.63. The monoisotopic (exact) mass is 250 g/mol. The van der Waals surface area contributed by atoms with Crippen LogP contribution in [0.25, 0.3) is 0 Å². The van der Waals surface area contributed by atoms with Crippen LogP contribution in [0, 0.1) is 6.92 Å². The Morgan fingerprint density at radius 3 is 2.73 bits per heavy atom. The Bertz CT molecular complexity index is 330. The van der Waals surface area contributed by atoms with E-state index in [9.17, 15) is 0 Å². The molecule has 0 spiro atoms. The number of hydrogen-bond donors (Lipinski definition) is 2. The zero-order chi connectivity index (χ0) is 11.4. The average Bonchev–Trinajstić information content (AvgIpc) is 2.44. The van der Waals surface area contributed by atoms with Crippen molar-refractivity contribution in [1.82, 2.24) is 9.78 Å². The predicted octanol–water partition coefficient (Wildman–Crippen LogP) is 0.968. The Labute approximate surface area is 98.2 Å². The molecule has 0 amide bonds. The molecule has 1 rings (SSSR count). The van der Waals surface area contributed by atoms with Gasteiger partial charge in [-0.25, -0.2) is 0 Å². The Morgan fingerprint density at radius 2 is 2.27 bits per heavy atom. The molecule has 0 saturated heterocycles. The zero-order valence-corrected chi connectivity index (χ0v) is 10.3. The molecule has 6 heteroatoms. The van der Waals surface area contributed by atoms with Gasteiger partial charge < -0.3 is 10.2 Å². The van der Waals surface area contributed by atoms with Crippen molar-refractivity contribution < 1.29 is 10.2 Å². The molecule has 0 radical (unpaired) electrons. The molecule has 0 saturated carbocycles. The second kappa shape index (κ2) is 5.75. The van der Waals surface area contributed by atoms with Crippen molar-refractivity contribution >= 4 is 23.4 Å². The van der Waals surface area contributed by atoms with Crippen molar-refractivity contribution in [2.75, 3.05) is 12.4 Å². The Balaban J connectivity index is 2.50. The lowest BCUT2D eigenvalue weighted by Crippen LogP contribution is -2.14. The van der Waals surface area contributed by atoms with Crippen LogP contribution in [-0.4, -0.2) is 38.5 Å². The fourth-order valence-corrected chi connectivity index (χ4v) is 2.55. The molecule has 0 fully saturated rings. The van der Waals surface area contributed by atoms with E-state index in [1.807, 2.05) is 6.92 Å². The highest BCUT2D eigenvalue weighted by atomic mass is 35.5. The minimum Gasteiger partial charge on any atom is -0.394 e. The summed E-state index contributed by atoms with van der Waals surface area (Å²) in [5, 5.41) is 22.6. The largest absolute Gasteiger partial charge is 0.394 e. The van der Waals surface area contributed by atoms with E-state index in [4.69, 9.17) is 21.8 Å². The number of aromatic nitrogens is 2. The molecule has 0 bridgehead atoms. The first-order valence-electron chi connectivity index (χ1n) is 4.61. The van der Waals surface area contributed by atoms with Crippen LogP contribution in [-0.2, 0) is 12.8 Å². The maximum Gasteiger partial charge on any atom is 0.131 e. The van der Waals surface area contributed by atoms with Gasteiger partial charge in [0.15, 0.2) is 0 Å². The molecule has 0 aromatic carbocycles. The molecule has 1 aromatic heterocycles. The van der Waals surface area contributed by atoms with E-state index >= 15 is 0 Å². The number of rotatable bonds is 5. The molecule has 1 aromatic rings. The molecule has 1 unspecified atom stereocenters. The minimum atomic E-state index is -0.661. The minimum absolute atomic E-state index is 0.202. The zero-order valence-electron chi connectivity index (χ0n) is 8.77. The van der Waals surface area contributed by atoms with E-state index in [1.54, 1.807) is 11.7 Å². The molecule has 15 heavy (non-hydrogen) atoms. The van der Waals surface area contributed by atoms with Crippen LogP contribution in [0.3, 0.4) is 0 Å². The van der Waals surface area contributed by atoms with E-state index in [1.165, 1.54) is 11.8 Å². The second-order valence-electron chi connectivity index (χ2n) is 3.33. The third kappa shape index (κ3) is 3.38. The summed E-state index contributed by atoms with van der Waals surface area (Å²) in [5.41, 5.74) is 1.91. The second-order valence-corrected chi connectivity index (χ2v) is 4.72. The Hall–Kier alpha value is -0.230. The SMILES string of the molecule is Cc1nn(C)c(Cl)c1CSCC(O)CO. The molecule has 1 atom stereocenters. The van der Waals surface area contributed by atoms with Crippen molar-refractivity contribution in [3.05, 3.63) is 16.4 Å². The van der Waals surface area contributed by atoms with Crippen LogP contribution < -0.4 is 0 Å². The molecule has 2 N–H and O–H groups in total. The molecular weight excluding hydrogens is 236 g/mol. The van der Waals surface area contributed by atoms with E-state index in [0.29, 0.717) is 16.7 Å². The lowest BCUT2D eigenvalue weighted by molar-refractivity contribution is 0.113. The third-order valence-electron chi connectivity index (χ3n) is 2.04. The summed E-state index contributed by atoms with van der Waals surface area (Å²) in [6.07, 6.45) is -0.661. The quantitative estimate of drug-likeness (QED) is 0.818. The van der Waals surface area contributed by atoms with Gasteiger partial charge in [-0.2, -0.15) is 16.9 Å². The standard InChI is InChI=1S/C9H15ClN2O2S/c1-6-8(9(10)12(2)11-6)5-15-4-7(14)3-13/h7,13-14H,3-5H2,1-2H3. The van der Waals surface area contributed by atoms with Crippen molar-refractivity contribution in [1.29, 1.82) is 0 Å². The Kier molecular flexibility index (Phi) is 4.92. The number of halogens is 1. The lowest BCUT2D eigenvalue weighted by atomic mass is 10.3. The highest BCUT2D eigenvalue weighted by Crippen LogP contribution is 2.23. The summed E-state index contributed by atoms with van der Waals surface area (Å²) in [4.78, 5) is 0. The van der Waals surface area contributed by atoms with Gasteiger partial charge in [0.2, 0.25) is 0 Å². The van der Waals surface area contributed by atoms with Crippen molar-refractivity contribution in [3.8, 4) is 0 Å². The van der Waals surface area contributed by atoms with Gasteiger partial charge in [0.25, 0.3) is 0 Å². The van der Waals surface area contributed by atoms with Gasteiger partial charge in [-0.3, -0.25) is 4.68 Å². The number of hydrogen-bond acceptors (Lipinski definition) is 4. The van der Waals surface area contributed by atoms with Crippen molar-refractivity contribution in [2.24, 2.45) is 7.05 Å². The summed E-state index contributed by atoms with van der Waals surface area (Å²) in [5.74, 6) is 1.21. The number of nitrogens with zero attached hydrogens (tertiary/aromatic N) is 2. The van der Waals surface area contributed by atoms with Gasteiger partial charge in [0.05, 0.1) is 18.4 Å². The molecule has 0 aliphatic heterocycles. The summed E-state index contributed by atoms with van der Waals surface area (Å²) in [6.45, 7) is 1.71. The summed E-state index contributed by atoms with van der Waals surface area (Å²) >= 11 is 7.57. The number of thioether (sulfide) groups is 1. The van der Waals surface area contributed by atoms with E-state index in [-0.39, 0.29) is 6.61 Å². The maximum absolute atomic E-state index is 9.16. The number of aryl methyl sites for hydroxylation is 2. The fraction of sp³-hybridized carbons (Fsp3) is 0.667. The first-order chi connectivity index (χ1) is 7.06. The normalized spacial score (nSPS) is 13.1. The van der Waals surface area contributed by atoms with Crippen LogP contribution in [0.2, 0.25) is 5.15 Å². The first-order valence-corrected chi connectivity index (χ1v) is 6.14. The van der Waals surface area contributed by atoms with E-state index < -0.39 is 6.10 Å². The van der Waals surface area contributed by atoms with E-state index in [2.05, 4.69) is 5.10 Å². The average molecular weight is 251 g/mol. The molecule has 0 aliphatic rings. The molecule has 86 valence electrons. The molecule has 0 aliphatic carbocycles. The van der Waals surface area contributed by atoms with Crippen molar-refractivity contribution in [2.45, 2.75) is 18.8 Å². The van der Waals surface area contributed by atoms with Gasteiger partial charge in [-0.1, -0.05) is 11.6 Å². The fourth-order valence-electron chi connectivity index (χ4n) is 1.19. The lowest BCUT2D eigenvalue weighted by Gasteiger charge is -2.06. The molecular formula is C9H15ClN2O2S. The van der Waals surface area contributed by atoms with Crippen LogP contribution >= 0.6 is 23.4 Å². The highest BCUT2D eigenvalue weighted by molar-refractivity contribution is 7.98. The third-order valence-corrected chi connectivity index (χ3v) is 3.62. The Morgan fingerprint density at radius 1 is 1.60 bits per heavy atom. The van der Waals surface area contributed by atoms with Gasteiger partial charge in [-0.05, 0) is 6.92 Å².